The highest BCUT2D eigenvalue weighted by molar-refractivity contribution is 5.82. The molecular weight excluding hydrogens is 240 g/mol. The van der Waals surface area contributed by atoms with Gasteiger partial charge in [0.05, 0.1) is 0 Å². The van der Waals surface area contributed by atoms with Gasteiger partial charge in [0.15, 0.2) is 6.10 Å². The Morgan fingerprint density at radius 2 is 1.95 bits per heavy atom. The van der Waals surface area contributed by atoms with Crippen LogP contribution in [0.3, 0.4) is 0 Å². The van der Waals surface area contributed by atoms with E-state index in [4.69, 9.17) is 5.73 Å². The van der Waals surface area contributed by atoms with Crippen LogP contribution in [0.25, 0.3) is 0 Å². The summed E-state index contributed by atoms with van der Waals surface area (Å²) in [6, 6.07) is 8.99. The lowest BCUT2D eigenvalue weighted by Gasteiger charge is -2.32. The molecule has 1 aromatic carbocycles. The second-order valence-corrected chi connectivity index (χ2v) is 5.53. The summed E-state index contributed by atoms with van der Waals surface area (Å²) < 4.78 is 0. The van der Waals surface area contributed by atoms with Crippen LogP contribution in [0.4, 0.5) is 0 Å². The first-order chi connectivity index (χ1) is 8.91. The van der Waals surface area contributed by atoms with Crippen molar-refractivity contribution in [3.8, 4) is 0 Å². The predicted octanol–water partition coefficient (Wildman–Crippen LogP) is 1.55. The number of nitrogens with two attached hydrogens (primary N) is 1. The molecule has 0 aromatic heterocycles. The second-order valence-electron chi connectivity index (χ2n) is 5.53. The van der Waals surface area contributed by atoms with Gasteiger partial charge in [-0.3, -0.25) is 4.79 Å². The van der Waals surface area contributed by atoms with Crippen molar-refractivity contribution >= 4 is 5.91 Å². The number of benzene rings is 1. The van der Waals surface area contributed by atoms with Crippen LogP contribution in [0.2, 0.25) is 0 Å². The lowest BCUT2D eigenvalue weighted by Crippen LogP contribution is -2.43. The van der Waals surface area contributed by atoms with Crippen molar-refractivity contribution in [2.45, 2.75) is 26.9 Å². The Morgan fingerprint density at radius 1 is 1.37 bits per heavy atom. The molecule has 0 bridgehead atoms. The zero-order chi connectivity index (χ0) is 14.5. The smallest absolute Gasteiger partial charge is 0.256 e. The molecule has 1 unspecified atom stereocenters. The molecule has 0 saturated heterocycles. The zero-order valence-electron chi connectivity index (χ0n) is 12.0. The summed E-state index contributed by atoms with van der Waals surface area (Å²) in [4.78, 5) is 14.0. The Bertz CT molecular complexity index is 404. The number of likely N-dealkylation sites (N-methyl/N-ethyl adjacent to an activating group) is 1. The molecule has 1 aromatic rings. The van der Waals surface area contributed by atoms with Gasteiger partial charge < -0.3 is 15.7 Å². The molecule has 19 heavy (non-hydrogen) atoms. The fourth-order valence-electron chi connectivity index (χ4n) is 1.88. The van der Waals surface area contributed by atoms with Crippen LogP contribution in [-0.2, 0) is 4.79 Å². The molecule has 0 aliphatic heterocycles. The number of carbonyl (C=O) groups is 1. The van der Waals surface area contributed by atoms with Crippen molar-refractivity contribution < 1.29 is 9.90 Å². The fraction of sp³-hybridized carbons (Fsp3) is 0.533. The Hall–Kier alpha value is -1.39. The molecule has 0 heterocycles. The number of carbonyl (C=O) groups excluding carboxylic acids is 1. The van der Waals surface area contributed by atoms with E-state index >= 15 is 0 Å². The van der Waals surface area contributed by atoms with Crippen molar-refractivity contribution in [1.29, 1.82) is 0 Å². The van der Waals surface area contributed by atoms with Crippen LogP contribution in [0.15, 0.2) is 30.3 Å². The minimum Gasteiger partial charge on any atom is -0.378 e. The van der Waals surface area contributed by atoms with E-state index in [0.717, 1.165) is 0 Å². The van der Waals surface area contributed by atoms with Gasteiger partial charge in [-0.05, 0) is 24.4 Å². The summed E-state index contributed by atoms with van der Waals surface area (Å²) in [7, 11) is 0. The maximum Gasteiger partial charge on any atom is 0.256 e. The predicted molar refractivity (Wildman–Crippen MR) is 76.5 cm³/mol. The maximum absolute atomic E-state index is 12.3. The summed E-state index contributed by atoms with van der Waals surface area (Å²) in [6.07, 6.45) is -1.10. The lowest BCUT2D eigenvalue weighted by atomic mass is 9.92. The number of hydrogen-bond acceptors (Lipinski definition) is 3. The highest BCUT2D eigenvalue weighted by Gasteiger charge is 2.27. The molecule has 4 heteroatoms. The molecule has 106 valence electrons. The largest absolute Gasteiger partial charge is 0.378 e. The van der Waals surface area contributed by atoms with Gasteiger partial charge in [0.25, 0.3) is 5.91 Å². The lowest BCUT2D eigenvalue weighted by molar-refractivity contribution is -0.141. The Kier molecular flexibility index (Phi) is 5.51. The topological polar surface area (TPSA) is 66.6 Å². The van der Waals surface area contributed by atoms with E-state index in [1.165, 1.54) is 0 Å². The molecule has 0 fully saturated rings. The summed E-state index contributed by atoms with van der Waals surface area (Å²) in [5, 5.41) is 10.1. The molecule has 0 aliphatic carbocycles. The normalized spacial score (nSPS) is 13.1. The molecule has 0 aliphatic rings. The molecule has 0 spiro atoms. The van der Waals surface area contributed by atoms with Crippen LogP contribution in [-0.4, -0.2) is 35.5 Å². The van der Waals surface area contributed by atoms with E-state index in [9.17, 15) is 9.90 Å². The average molecular weight is 264 g/mol. The van der Waals surface area contributed by atoms with Crippen molar-refractivity contribution in [3.63, 3.8) is 0 Å². The third-order valence-electron chi connectivity index (χ3n) is 3.21. The Morgan fingerprint density at radius 3 is 2.42 bits per heavy atom. The fourth-order valence-corrected chi connectivity index (χ4v) is 1.88. The highest BCUT2D eigenvalue weighted by Crippen LogP contribution is 2.20. The Balaban J connectivity index is 2.79. The molecule has 0 saturated carbocycles. The van der Waals surface area contributed by atoms with Gasteiger partial charge in [0.2, 0.25) is 0 Å². The van der Waals surface area contributed by atoms with Gasteiger partial charge in [0.1, 0.15) is 0 Å². The molecule has 0 radical (unpaired) electrons. The number of rotatable bonds is 6. The minimum atomic E-state index is -1.10. The quantitative estimate of drug-likeness (QED) is 0.819. The molecule has 1 amide bonds. The number of nitrogens with zero attached hydrogens (tertiary/aromatic N) is 1. The van der Waals surface area contributed by atoms with Gasteiger partial charge in [-0.15, -0.1) is 0 Å². The van der Waals surface area contributed by atoms with Crippen LogP contribution < -0.4 is 5.73 Å². The average Bonchev–Trinajstić information content (AvgIpc) is 2.44. The number of aliphatic hydroxyl groups excluding tert-OH is 1. The molecule has 3 N–H and O–H groups in total. The monoisotopic (exact) mass is 264 g/mol. The van der Waals surface area contributed by atoms with Crippen LogP contribution in [0.1, 0.15) is 32.4 Å². The van der Waals surface area contributed by atoms with E-state index in [1.54, 1.807) is 17.0 Å². The molecule has 1 rings (SSSR count). The zero-order valence-corrected chi connectivity index (χ0v) is 12.0. The van der Waals surface area contributed by atoms with E-state index in [-0.39, 0.29) is 11.3 Å². The van der Waals surface area contributed by atoms with Crippen LogP contribution >= 0.6 is 0 Å². The van der Waals surface area contributed by atoms with Gasteiger partial charge >= 0.3 is 0 Å². The number of hydrogen-bond donors (Lipinski definition) is 2. The van der Waals surface area contributed by atoms with Crippen LogP contribution in [0, 0.1) is 5.41 Å². The van der Waals surface area contributed by atoms with Crippen molar-refractivity contribution in [3.05, 3.63) is 35.9 Å². The molecule has 4 nitrogen and oxygen atoms in total. The minimum absolute atomic E-state index is 0.151. The summed E-state index contributed by atoms with van der Waals surface area (Å²) in [6.45, 7) is 7.53. The Labute approximate surface area is 115 Å². The first-order valence-corrected chi connectivity index (χ1v) is 6.63. The van der Waals surface area contributed by atoms with E-state index in [0.29, 0.717) is 25.2 Å². The van der Waals surface area contributed by atoms with Gasteiger partial charge in [0, 0.05) is 13.1 Å². The van der Waals surface area contributed by atoms with Crippen molar-refractivity contribution in [1.82, 2.24) is 4.90 Å². The third-order valence-corrected chi connectivity index (χ3v) is 3.21. The molecular formula is C15H24N2O2. The van der Waals surface area contributed by atoms with E-state index in [1.807, 2.05) is 39.0 Å². The first kappa shape index (κ1) is 15.7. The maximum atomic E-state index is 12.3. The molecule has 1 atom stereocenters. The van der Waals surface area contributed by atoms with Gasteiger partial charge in [-0.1, -0.05) is 44.2 Å². The second kappa shape index (κ2) is 6.68. The van der Waals surface area contributed by atoms with Crippen molar-refractivity contribution in [2.75, 3.05) is 19.6 Å². The summed E-state index contributed by atoms with van der Waals surface area (Å²) in [5.41, 5.74) is 6.17. The van der Waals surface area contributed by atoms with Crippen molar-refractivity contribution in [2.24, 2.45) is 11.1 Å². The SMILES string of the molecule is CCN(CC(C)(C)CN)C(=O)C(O)c1ccccc1. The van der Waals surface area contributed by atoms with Gasteiger partial charge in [-0.25, -0.2) is 0 Å². The summed E-state index contributed by atoms with van der Waals surface area (Å²) in [5.74, 6) is -0.268. The third kappa shape index (κ3) is 4.33. The van der Waals surface area contributed by atoms with E-state index < -0.39 is 6.10 Å². The number of aliphatic hydroxyl groups is 1. The first-order valence-electron chi connectivity index (χ1n) is 6.63. The highest BCUT2D eigenvalue weighted by atomic mass is 16.3. The van der Waals surface area contributed by atoms with E-state index in [2.05, 4.69) is 0 Å². The van der Waals surface area contributed by atoms with Crippen LogP contribution in [0.5, 0.6) is 0 Å². The number of amides is 1. The summed E-state index contributed by atoms with van der Waals surface area (Å²) >= 11 is 0. The standard InChI is InChI=1S/C15H24N2O2/c1-4-17(11-15(2,3)10-16)14(19)13(18)12-8-6-5-7-9-12/h5-9,13,18H,4,10-11,16H2,1-3H3. The van der Waals surface area contributed by atoms with Gasteiger partial charge in [-0.2, -0.15) is 0 Å².